The highest BCUT2D eigenvalue weighted by Crippen LogP contribution is 2.25. The van der Waals surface area contributed by atoms with Gasteiger partial charge in [-0.25, -0.2) is 4.79 Å². The molecule has 1 aliphatic heterocycles. The molecule has 0 bridgehead atoms. The van der Waals surface area contributed by atoms with Gasteiger partial charge in [-0.2, -0.15) is 0 Å². The standard InChI is InChI=1S/C25H31N5O3/c1-18(31)33-29-24(27)21-10-7-20(8-11-21)17-28-25(32)23(26)12-9-19-13-15-30(16-14-19)22-5-3-2-4-6-22/h2-8,10-12,19H,9,13-17,26H2,1H3,(H2,27,29)(H,28,32)/b23-12+. The Labute approximate surface area is 194 Å². The lowest BCUT2D eigenvalue weighted by Crippen LogP contribution is -2.33. The van der Waals surface area contributed by atoms with Crippen LogP contribution in [0.2, 0.25) is 0 Å². The first-order chi connectivity index (χ1) is 15.9. The molecule has 0 unspecified atom stereocenters. The van der Waals surface area contributed by atoms with Gasteiger partial charge in [-0.1, -0.05) is 53.7 Å². The van der Waals surface area contributed by atoms with Crippen LogP contribution in [0.3, 0.4) is 0 Å². The average molecular weight is 450 g/mol. The summed E-state index contributed by atoms with van der Waals surface area (Å²) in [6, 6.07) is 17.5. The van der Waals surface area contributed by atoms with Crippen molar-refractivity contribution in [1.29, 1.82) is 0 Å². The lowest BCUT2D eigenvalue weighted by molar-refractivity contribution is -0.140. The van der Waals surface area contributed by atoms with E-state index in [0.717, 1.165) is 37.9 Å². The molecule has 0 atom stereocenters. The Morgan fingerprint density at radius 2 is 1.76 bits per heavy atom. The van der Waals surface area contributed by atoms with E-state index in [1.807, 2.05) is 24.3 Å². The molecule has 33 heavy (non-hydrogen) atoms. The number of nitrogens with zero attached hydrogens (tertiary/aromatic N) is 2. The van der Waals surface area contributed by atoms with Crippen molar-refractivity contribution in [2.75, 3.05) is 18.0 Å². The fraction of sp³-hybridized carbons (Fsp3) is 0.320. The van der Waals surface area contributed by atoms with Crippen molar-refractivity contribution in [3.63, 3.8) is 0 Å². The molecule has 2 aromatic rings. The SMILES string of the molecule is CC(=O)ON=C(N)c1ccc(CNC(=O)/C(N)=C\CC2CCN(c3ccccc3)CC2)cc1. The number of piperidine rings is 1. The Kier molecular flexibility index (Phi) is 8.46. The number of nitrogens with two attached hydrogens (primary N) is 2. The molecule has 1 saturated heterocycles. The number of hydrogen-bond acceptors (Lipinski definition) is 6. The molecular weight excluding hydrogens is 418 g/mol. The number of benzene rings is 2. The number of carbonyl (C=O) groups excluding carboxylic acids is 2. The Morgan fingerprint density at radius 3 is 2.39 bits per heavy atom. The van der Waals surface area contributed by atoms with Gasteiger partial charge in [0.25, 0.3) is 5.91 Å². The maximum absolute atomic E-state index is 12.4. The topological polar surface area (TPSA) is 123 Å². The Balaban J connectivity index is 1.42. The van der Waals surface area contributed by atoms with Gasteiger partial charge < -0.3 is 26.5 Å². The summed E-state index contributed by atoms with van der Waals surface area (Å²) < 4.78 is 0. The summed E-state index contributed by atoms with van der Waals surface area (Å²) >= 11 is 0. The molecule has 1 aliphatic rings. The Hall–Kier alpha value is -3.81. The summed E-state index contributed by atoms with van der Waals surface area (Å²) in [6.45, 7) is 3.61. The van der Waals surface area contributed by atoms with Crippen molar-refractivity contribution in [3.8, 4) is 0 Å². The van der Waals surface area contributed by atoms with Crippen LogP contribution in [0.4, 0.5) is 5.69 Å². The molecule has 0 radical (unpaired) electrons. The van der Waals surface area contributed by atoms with Crippen LogP contribution in [0.15, 0.2) is 71.5 Å². The predicted molar refractivity (Wildman–Crippen MR) is 129 cm³/mol. The van der Waals surface area contributed by atoms with Crippen LogP contribution in [0, 0.1) is 5.92 Å². The number of para-hydroxylation sites is 1. The normalized spacial score (nSPS) is 15.2. The van der Waals surface area contributed by atoms with Crippen LogP contribution >= 0.6 is 0 Å². The number of anilines is 1. The van der Waals surface area contributed by atoms with Gasteiger partial charge in [0.15, 0.2) is 5.84 Å². The highest BCUT2D eigenvalue weighted by atomic mass is 16.7. The predicted octanol–water partition coefficient (Wildman–Crippen LogP) is 2.64. The molecule has 1 amide bonds. The zero-order valence-electron chi connectivity index (χ0n) is 18.9. The van der Waals surface area contributed by atoms with Crippen LogP contribution in [0.1, 0.15) is 37.3 Å². The number of amides is 1. The lowest BCUT2D eigenvalue weighted by atomic mass is 9.93. The highest BCUT2D eigenvalue weighted by Gasteiger charge is 2.19. The van der Waals surface area contributed by atoms with E-state index >= 15 is 0 Å². The Bertz CT molecular complexity index is 994. The fourth-order valence-electron chi connectivity index (χ4n) is 3.70. The number of rotatable bonds is 8. The van der Waals surface area contributed by atoms with Crippen LogP contribution in [-0.2, 0) is 21.0 Å². The summed E-state index contributed by atoms with van der Waals surface area (Å²) in [5.74, 6) is -0.192. The molecule has 174 valence electrons. The number of hydrogen-bond donors (Lipinski definition) is 3. The number of allylic oxidation sites excluding steroid dienone is 1. The molecule has 0 aromatic heterocycles. The largest absolute Gasteiger partial charge is 0.395 e. The van der Waals surface area contributed by atoms with Crippen LogP contribution in [-0.4, -0.2) is 30.8 Å². The second-order valence-corrected chi connectivity index (χ2v) is 8.10. The van der Waals surface area contributed by atoms with Gasteiger partial charge >= 0.3 is 5.97 Å². The third-order valence-electron chi connectivity index (χ3n) is 5.64. The molecule has 0 saturated carbocycles. The van der Waals surface area contributed by atoms with Crippen LogP contribution in [0.5, 0.6) is 0 Å². The van der Waals surface area contributed by atoms with E-state index in [1.165, 1.54) is 12.6 Å². The lowest BCUT2D eigenvalue weighted by Gasteiger charge is -2.33. The van der Waals surface area contributed by atoms with Gasteiger partial charge in [0, 0.05) is 37.8 Å². The van der Waals surface area contributed by atoms with Gasteiger partial charge in [-0.05, 0) is 42.9 Å². The average Bonchev–Trinajstić information content (AvgIpc) is 2.85. The minimum atomic E-state index is -0.541. The van der Waals surface area contributed by atoms with Crippen molar-refractivity contribution in [2.45, 2.75) is 32.7 Å². The summed E-state index contributed by atoms with van der Waals surface area (Å²) in [4.78, 5) is 30.1. The number of oxime groups is 1. The van der Waals surface area contributed by atoms with E-state index in [-0.39, 0.29) is 17.4 Å². The first kappa shape index (κ1) is 23.8. The smallest absolute Gasteiger partial charge is 0.332 e. The molecule has 8 heteroatoms. The number of amidine groups is 1. The van der Waals surface area contributed by atoms with E-state index in [1.54, 1.807) is 12.1 Å². The molecule has 1 heterocycles. The van der Waals surface area contributed by atoms with Crippen molar-refractivity contribution in [3.05, 3.63) is 77.5 Å². The zero-order chi connectivity index (χ0) is 23.6. The van der Waals surface area contributed by atoms with Gasteiger partial charge in [-0.3, -0.25) is 4.79 Å². The van der Waals surface area contributed by atoms with Crippen molar-refractivity contribution in [1.82, 2.24) is 5.32 Å². The summed E-state index contributed by atoms with van der Waals surface area (Å²) in [5.41, 5.74) is 14.8. The maximum atomic E-state index is 12.4. The van der Waals surface area contributed by atoms with Gasteiger partial charge in [0.1, 0.15) is 0 Å². The van der Waals surface area contributed by atoms with Crippen LogP contribution in [0.25, 0.3) is 0 Å². The molecule has 2 aromatic carbocycles. The third-order valence-corrected chi connectivity index (χ3v) is 5.64. The second-order valence-electron chi connectivity index (χ2n) is 8.10. The summed E-state index contributed by atoms with van der Waals surface area (Å²) in [6.07, 6.45) is 4.80. The quantitative estimate of drug-likeness (QED) is 0.187. The van der Waals surface area contributed by atoms with Crippen LogP contribution < -0.4 is 21.7 Å². The van der Waals surface area contributed by atoms with Crippen molar-refractivity contribution in [2.24, 2.45) is 22.5 Å². The van der Waals surface area contributed by atoms with Gasteiger partial charge in [-0.15, -0.1) is 0 Å². The van der Waals surface area contributed by atoms with Gasteiger partial charge in [0.05, 0.1) is 5.70 Å². The first-order valence-electron chi connectivity index (χ1n) is 11.1. The molecular formula is C25H31N5O3. The first-order valence-corrected chi connectivity index (χ1v) is 11.1. The summed E-state index contributed by atoms with van der Waals surface area (Å²) in [7, 11) is 0. The molecule has 0 spiro atoms. The minimum absolute atomic E-state index is 0.0996. The molecule has 5 N–H and O–H groups in total. The van der Waals surface area contributed by atoms with E-state index in [0.29, 0.717) is 18.0 Å². The monoisotopic (exact) mass is 449 g/mol. The Morgan fingerprint density at radius 1 is 1.09 bits per heavy atom. The van der Waals surface area contributed by atoms with E-state index < -0.39 is 5.97 Å². The minimum Gasteiger partial charge on any atom is -0.395 e. The third kappa shape index (κ3) is 7.38. The summed E-state index contributed by atoms with van der Waals surface area (Å²) in [5, 5.41) is 6.38. The number of nitrogens with one attached hydrogen (secondary N) is 1. The van der Waals surface area contributed by atoms with E-state index in [4.69, 9.17) is 11.5 Å². The molecule has 3 rings (SSSR count). The molecule has 8 nitrogen and oxygen atoms in total. The van der Waals surface area contributed by atoms with E-state index in [2.05, 4.69) is 44.5 Å². The van der Waals surface area contributed by atoms with Gasteiger partial charge in [0.2, 0.25) is 0 Å². The highest BCUT2D eigenvalue weighted by molar-refractivity contribution is 5.97. The second kappa shape index (κ2) is 11.7. The fourth-order valence-corrected chi connectivity index (χ4v) is 3.70. The van der Waals surface area contributed by atoms with Crippen molar-refractivity contribution < 1.29 is 14.4 Å². The maximum Gasteiger partial charge on any atom is 0.332 e. The van der Waals surface area contributed by atoms with Crippen molar-refractivity contribution >= 4 is 23.4 Å². The zero-order valence-corrected chi connectivity index (χ0v) is 18.9. The molecule has 1 fully saturated rings. The molecule has 0 aliphatic carbocycles. The number of carbonyl (C=O) groups is 2. The van der Waals surface area contributed by atoms with E-state index in [9.17, 15) is 9.59 Å².